The minimum atomic E-state index is -0.669. The lowest BCUT2D eigenvalue weighted by Crippen LogP contribution is -2.35. The second-order valence-corrected chi connectivity index (χ2v) is 7.87. The molecule has 1 unspecified atom stereocenters. The Kier molecular flexibility index (Phi) is 5.31. The lowest BCUT2D eigenvalue weighted by atomic mass is 10.0. The highest BCUT2D eigenvalue weighted by molar-refractivity contribution is 7.09. The summed E-state index contributed by atoms with van der Waals surface area (Å²) in [5.74, 6) is 0.223. The molecule has 0 aliphatic heterocycles. The summed E-state index contributed by atoms with van der Waals surface area (Å²) in [6.45, 7) is 4.19. The molecule has 0 spiro atoms. The average molecular weight is 407 g/mol. The number of nitrogens with one attached hydrogen (secondary N) is 1. The number of amides is 1. The number of hydrogen-bond acceptors (Lipinski definition) is 5. The molecule has 3 aromatic heterocycles. The number of aryl methyl sites for hydroxylation is 2. The number of carbonyl (C=O) groups is 1. The Bertz CT molecular complexity index is 1140. The molecule has 0 fully saturated rings. The standard InChI is InChI=1S/C22H22N4O2S/c1-14-20-18(16-8-5-4-6-9-16)12-19(24-21(20)26(3)25-14)28-15(2)22(27)23-13-17-10-7-11-29-17/h4-12,15H,13H2,1-3H3,(H,23,27). The van der Waals surface area contributed by atoms with Crippen LogP contribution in [-0.4, -0.2) is 26.8 Å². The van der Waals surface area contributed by atoms with Crippen molar-refractivity contribution in [3.63, 3.8) is 0 Å². The first-order valence-corrected chi connectivity index (χ1v) is 10.3. The van der Waals surface area contributed by atoms with Crippen molar-refractivity contribution in [1.82, 2.24) is 20.1 Å². The molecule has 29 heavy (non-hydrogen) atoms. The predicted molar refractivity (Wildman–Crippen MR) is 115 cm³/mol. The number of thiophene rings is 1. The highest BCUT2D eigenvalue weighted by Gasteiger charge is 2.19. The fraction of sp³-hybridized carbons (Fsp3) is 0.227. The number of ether oxygens (including phenoxy) is 1. The molecule has 1 atom stereocenters. The Balaban J connectivity index is 1.62. The van der Waals surface area contributed by atoms with Gasteiger partial charge in [0.25, 0.3) is 5.91 Å². The van der Waals surface area contributed by atoms with Gasteiger partial charge in [-0.05, 0) is 36.4 Å². The van der Waals surface area contributed by atoms with Gasteiger partial charge in [-0.3, -0.25) is 9.48 Å². The topological polar surface area (TPSA) is 69.0 Å². The SMILES string of the molecule is Cc1nn(C)c2nc(OC(C)C(=O)NCc3cccs3)cc(-c3ccccc3)c12. The number of rotatable bonds is 6. The summed E-state index contributed by atoms with van der Waals surface area (Å²) in [6.07, 6.45) is -0.669. The van der Waals surface area contributed by atoms with Gasteiger partial charge in [0, 0.05) is 18.0 Å². The van der Waals surface area contributed by atoms with Crippen LogP contribution in [0.4, 0.5) is 0 Å². The van der Waals surface area contributed by atoms with Crippen molar-refractivity contribution >= 4 is 28.3 Å². The monoisotopic (exact) mass is 406 g/mol. The van der Waals surface area contributed by atoms with Gasteiger partial charge >= 0.3 is 0 Å². The van der Waals surface area contributed by atoms with Crippen molar-refractivity contribution in [2.75, 3.05) is 0 Å². The predicted octanol–water partition coefficient (Wildman–Crippen LogP) is 4.09. The van der Waals surface area contributed by atoms with Gasteiger partial charge in [-0.25, -0.2) is 0 Å². The van der Waals surface area contributed by atoms with Crippen LogP contribution in [0.1, 0.15) is 17.5 Å². The molecule has 1 amide bonds. The molecular weight excluding hydrogens is 384 g/mol. The normalized spacial score (nSPS) is 12.1. The maximum absolute atomic E-state index is 12.5. The summed E-state index contributed by atoms with van der Waals surface area (Å²) >= 11 is 1.61. The highest BCUT2D eigenvalue weighted by atomic mass is 32.1. The van der Waals surface area contributed by atoms with Crippen LogP contribution in [0.5, 0.6) is 5.88 Å². The molecule has 1 aromatic carbocycles. The molecule has 0 saturated carbocycles. The maximum Gasteiger partial charge on any atom is 0.261 e. The molecule has 0 bridgehead atoms. The number of carbonyl (C=O) groups excluding carboxylic acids is 1. The molecule has 6 nitrogen and oxygen atoms in total. The van der Waals surface area contributed by atoms with Crippen LogP contribution >= 0.6 is 11.3 Å². The van der Waals surface area contributed by atoms with Crippen molar-refractivity contribution in [3.8, 4) is 17.0 Å². The van der Waals surface area contributed by atoms with E-state index in [9.17, 15) is 4.79 Å². The third kappa shape index (κ3) is 4.00. The minimum absolute atomic E-state index is 0.178. The summed E-state index contributed by atoms with van der Waals surface area (Å²) < 4.78 is 7.66. The van der Waals surface area contributed by atoms with Crippen molar-refractivity contribution in [2.45, 2.75) is 26.5 Å². The van der Waals surface area contributed by atoms with E-state index in [0.29, 0.717) is 12.4 Å². The number of aromatic nitrogens is 3. The van der Waals surface area contributed by atoms with Gasteiger partial charge in [0.05, 0.1) is 17.6 Å². The maximum atomic E-state index is 12.5. The fourth-order valence-electron chi connectivity index (χ4n) is 3.29. The molecule has 148 valence electrons. The minimum Gasteiger partial charge on any atom is -0.464 e. The first-order valence-electron chi connectivity index (χ1n) is 9.39. The Labute approximate surface area is 173 Å². The fourth-order valence-corrected chi connectivity index (χ4v) is 3.94. The van der Waals surface area contributed by atoms with Gasteiger partial charge in [-0.1, -0.05) is 36.4 Å². The van der Waals surface area contributed by atoms with E-state index in [4.69, 9.17) is 4.74 Å². The van der Waals surface area contributed by atoms with E-state index in [1.807, 2.05) is 67.9 Å². The van der Waals surface area contributed by atoms with E-state index >= 15 is 0 Å². The van der Waals surface area contributed by atoms with Gasteiger partial charge in [-0.2, -0.15) is 10.1 Å². The van der Waals surface area contributed by atoms with Gasteiger partial charge in [0.2, 0.25) is 5.88 Å². The zero-order chi connectivity index (χ0) is 20.4. The zero-order valence-corrected chi connectivity index (χ0v) is 17.4. The van der Waals surface area contributed by atoms with Crippen LogP contribution in [0.3, 0.4) is 0 Å². The molecule has 4 aromatic rings. The van der Waals surface area contributed by atoms with Crippen molar-refractivity contribution in [1.29, 1.82) is 0 Å². The number of fused-ring (bicyclic) bond motifs is 1. The van der Waals surface area contributed by atoms with Crippen molar-refractivity contribution in [3.05, 3.63) is 64.5 Å². The smallest absolute Gasteiger partial charge is 0.261 e. The van der Waals surface area contributed by atoms with E-state index in [1.165, 1.54) is 0 Å². The van der Waals surface area contributed by atoms with Crippen LogP contribution in [0, 0.1) is 6.92 Å². The molecule has 0 aliphatic carbocycles. The average Bonchev–Trinajstić information content (AvgIpc) is 3.34. The van der Waals surface area contributed by atoms with E-state index in [1.54, 1.807) is 22.9 Å². The third-order valence-electron chi connectivity index (χ3n) is 4.71. The summed E-state index contributed by atoms with van der Waals surface area (Å²) in [7, 11) is 1.86. The first-order chi connectivity index (χ1) is 14.0. The van der Waals surface area contributed by atoms with E-state index < -0.39 is 6.10 Å². The van der Waals surface area contributed by atoms with Crippen LogP contribution in [0.2, 0.25) is 0 Å². The number of benzene rings is 1. The Hall–Kier alpha value is -3.19. The molecule has 7 heteroatoms. The molecule has 4 rings (SSSR count). The van der Waals surface area contributed by atoms with Crippen LogP contribution < -0.4 is 10.1 Å². The molecule has 0 saturated heterocycles. The Morgan fingerprint density at radius 1 is 1.24 bits per heavy atom. The number of hydrogen-bond donors (Lipinski definition) is 1. The van der Waals surface area contributed by atoms with Gasteiger partial charge < -0.3 is 10.1 Å². The molecule has 1 N–H and O–H groups in total. The number of nitrogens with zero attached hydrogens (tertiary/aromatic N) is 3. The first kappa shape index (κ1) is 19.1. The van der Waals surface area contributed by atoms with Crippen molar-refractivity contribution in [2.24, 2.45) is 7.05 Å². The summed E-state index contributed by atoms with van der Waals surface area (Å²) in [6, 6.07) is 15.9. The summed E-state index contributed by atoms with van der Waals surface area (Å²) in [4.78, 5) is 18.2. The second kappa shape index (κ2) is 8.05. The Morgan fingerprint density at radius 2 is 2.03 bits per heavy atom. The van der Waals surface area contributed by atoms with Crippen LogP contribution in [0.25, 0.3) is 22.2 Å². The third-order valence-corrected chi connectivity index (χ3v) is 5.59. The van der Waals surface area contributed by atoms with E-state index in [2.05, 4.69) is 15.4 Å². The van der Waals surface area contributed by atoms with E-state index in [-0.39, 0.29) is 5.91 Å². The molecule has 0 aliphatic rings. The molecule has 3 heterocycles. The quantitative estimate of drug-likeness (QED) is 0.524. The number of pyridine rings is 1. The van der Waals surface area contributed by atoms with Crippen LogP contribution in [-0.2, 0) is 18.4 Å². The lowest BCUT2D eigenvalue weighted by molar-refractivity contribution is -0.127. The summed E-state index contributed by atoms with van der Waals surface area (Å²) in [5.41, 5.74) is 3.67. The molecular formula is C22H22N4O2S. The second-order valence-electron chi connectivity index (χ2n) is 6.84. The largest absolute Gasteiger partial charge is 0.464 e. The molecule has 0 radical (unpaired) electrons. The summed E-state index contributed by atoms with van der Waals surface area (Å²) in [5, 5.41) is 10.4. The Morgan fingerprint density at radius 3 is 2.76 bits per heavy atom. The van der Waals surface area contributed by atoms with Crippen LogP contribution in [0.15, 0.2) is 53.9 Å². The van der Waals surface area contributed by atoms with Gasteiger partial charge in [0.1, 0.15) is 0 Å². The van der Waals surface area contributed by atoms with Gasteiger partial charge in [-0.15, -0.1) is 11.3 Å². The van der Waals surface area contributed by atoms with Crippen molar-refractivity contribution < 1.29 is 9.53 Å². The zero-order valence-electron chi connectivity index (χ0n) is 16.5. The van der Waals surface area contributed by atoms with Gasteiger partial charge in [0.15, 0.2) is 11.8 Å². The highest BCUT2D eigenvalue weighted by Crippen LogP contribution is 2.33. The van der Waals surface area contributed by atoms with E-state index in [0.717, 1.165) is 32.7 Å². The lowest BCUT2D eigenvalue weighted by Gasteiger charge is -2.15.